The first kappa shape index (κ1) is 16.7. The number of fused-ring (bicyclic) bond motifs is 1. The quantitative estimate of drug-likeness (QED) is 0.703. The summed E-state index contributed by atoms with van der Waals surface area (Å²) < 4.78 is 5.86. The van der Waals surface area contributed by atoms with Gasteiger partial charge in [0.1, 0.15) is 0 Å². The number of rotatable bonds is 5. The Morgan fingerprint density at radius 3 is 2.77 bits per heavy atom. The Bertz CT molecular complexity index is 890. The Balaban J connectivity index is 1.36. The average molecular weight is 346 g/mol. The molecule has 1 aliphatic heterocycles. The Labute approximate surface area is 153 Å². The monoisotopic (exact) mass is 346 g/mol. The van der Waals surface area contributed by atoms with Crippen LogP contribution in [0.5, 0.6) is 0 Å². The molecular formula is C22H22N2O2. The molecule has 3 aromatic rings. The molecule has 132 valence electrons. The molecule has 1 aliphatic rings. The predicted molar refractivity (Wildman–Crippen MR) is 102 cm³/mol. The Morgan fingerprint density at radius 1 is 1.08 bits per heavy atom. The van der Waals surface area contributed by atoms with Crippen LogP contribution in [0.25, 0.3) is 10.8 Å². The summed E-state index contributed by atoms with van der Waals surface area (Å²) in [6, 6.07) is 18.1. The van der Waals surface area contributed by atoms with E-state index in [0.29, 0.717) is 24.7 Å². The highest BCUT2D eigenvalue weighted by atomic mass is 16.5. The van der Waals surface area contributed by atoms with Crippen LogP contribution in [0.2, 0.25) is 0 Å². The first-order chi connectivity index (χ1) is 12.8. The number of aromatic nitrogens is 1. The molecule has 0 aliphatic carbocycles. The molecule has 0 spiro atoms. The highest BCUT2D eigenvalue weighted by Gasteiger charge is 2.28. The first-order valence-electron chi connectivity index (χ1n) is 9.05. The van der Waals surface area contributed by atoms with Crippen LogP contribution in [-0.4, -0.2) is 35.5 Å². The fraction of sp³-hybridized carbons (Fsp3) is 0.273. The van der Waals surface area contributed by atoms with E-state index in [-0.39, 0.29) is 5.91 Å². The van der Waals surface area contributed by atoms with Gasteiger partial charge in [-0.2, -0.15) is 0 Å². The number of hydrogen-bond donors (Lipinski definition) is 0. The molecule has 0 radical (unpaired) electrons. The van der Waals surface area contributed by atoms with Crippen molar-refractivity contribution in [2.45, 2.75) is 13.0 Å². The first-order valence-corrected chi connectivity index (χ1v) is 9.05. The Kier molecular flexibility index (Phi) is 4.93. The third-order valence-corrected chi connectivity index (χ3v) is 4.94. The number of carbonyl (C=O) groups is 1. The molecule has 26 heavy (non-hydrogen) atoms. The average Bonchev–Trinajstić information content (AvgIpc) is 3.17. The van der Waals surface area contributed by atoms with Crippen LogP contribution in [-0.2, 0) is 11.3 Å². The summed E-state index contributed by atoms with van der Waals surface area (Å²) in [4.78, 5) is 19.1. The summed E-state index contributed by atoms with van der Waals surface area (Å²) in [7, 11) is 0. The molecule has 1 saturated heterocycles. The van der Waals surface area contributed by atoms with Gasteiger partial charge in [0.15, 0.2) is 0 Å². The maximum atomic E-state index is 12.9. The van der Waals surface area contributed by atoms with Crippen molar-refractivity contribution in [2.24, 2.45) is 5.92 Å². The van der Waals surface area contributed by atoms with Crippen LogP contribution >= 0.6 is 0 Å². The van der Waals surface area contributed by atoms with Gasteiger partial charge in [-0.05, 0) is 17.4 Å². The Hall–Kier alpha value is -2.72. The van der Waals surface area contributed by atoms with E-state index in [4.69, 9.17) is 4.74 Å². The summed E-state index contributed by atoms with van der Waals surface area (Å²) >= 11 is 0. The molecule has 4 nitrogen and oxygen atoms in total. The van der Waals surface area contributed by atoms with Crippen molar-refractivity contribution in [1.29, 1.82) is 0 Å². The largest absolute Gasteiger partial charge is 0.376 e. The minimum Gasteiger partial charge on any atom is -0.376 e. The van der Waals surface area contributed by atoms with Crippen molar-refractivity contribution in [2.75, 3.05) is 19.7 Å². The minimum absolute atomic E-state index is 0.0693. The number of benzene rings is 2. The fourth-order valence-corrected chi connectivity index (χ4v) is 3.53. The highest BCUT2D eigenvalue weighted by Crippen LogP contribution is 2.23. The van der Waals surface area contributed by atoms with Crippen LogP contribution in [0, 0.1) is 5.92 Å². The number of amides is 1. The zero-order chi connectivity index (χ0) is 17.8. The molecule has 4 heteroatoms. The number of nitrogens with zero attached hydrogens (tertiary/aromatic N) is 2. The van der Waals surface area contributed by atoms with Gasteiger partial charge >= 0.3 is 0 Å². The third kappa shape index (κ3) is 3.60. The minimum atomic E-state index is 0.0693. The van der Waals surface area contributed by atoms with E-state index in [0.717, 1.165) is 30.3 Å². The lowest BCUT2D eigenvalue weighted by atomic mass is 10.1. The van der Waals surface area contributed by atoms with E-state index in [1.807, 2.05) is 47.4 Å². The predicted octanol–water partition coefficient (Wildman–Crippen LogP) is 3.91. The molecule has 1 fully saturated rings. The van der Waals surface area contributed by atoms with E-state index < -0.39 is 0 Å². The second-order valence-corrected chi connectivity index (χ2v) is 6.81. The Morgan fingerprint density at radius 2 is 1.88 bits per heavy atom. The normalized spacial score (nSPS) is 16.9. The van der Waals surface area contributed by atoms with Crippen molar-refractivity contribution in [3.8, 4) is 0 Å². The van der Waals surface area contributed by atoms with Gasteiger partial charge in [0, 0.05) is 36.8 Å². The van der Waals surface area contributed by atoms with Crippen LogP contribution < -0.4 is 0 Å². The van der Waals surface area contributed by atoms with Crippen LogP contribution in [0.3, 0.4) is 0 Å². The molecule has 4 rings (SSSR count). The van der Waals surface area contributed by atoms with Gasteiger partial charge in [-0.25, -0.2) is 0 Å². The molecule has 2 aromatic carbocycles. The molecule has 1 unspecified atom stereocenters. The van der Waals surface area contributed by atoms with E-state index in [9.17, 15) is 4.79 Å². The van der Waals surface area contributed by atoms with Gasteiger partial charge in [-0.3, -0.25) is 9.78 Å². The van der Waals surface area contributed by atoms with Crippen molar-refractivity contribution < 1.29 is 9.53 Å². The van der Waals surface area contributed by atoms with Crippen molar-refractivity contribution in [1.82, 2.24) is 9.88 Å². The number of ether oxygens (including phenoxy) is 1. The summed E-state index contributed by atoms with van der Waals surface area (Å²) in [5.41, 5.74) is 1.87. The smallest absolute Gasteiger partial charge is 0.256 e. The summed E-state index contributed by atoms with van der Waals surface area (Å²) in [6.45, 7) is 2.84. The van der Waals surface area contributed by atoms with Crippen molar-refractivity contribution >= 4 is 16.7 Å². The van der Waals surface area contributed by atoms with Crippen molar-refractivity contribution in [3.63, 3.8) is 0 Å². The van der Waals surface area contributed by atoms with Gasteiger partial charge in [-0.15, -0.1) is 0 Å². The lowest BCUT2D eigenvalue weighted by molar-refractivity contribution is 0.0734. The molecule has 1 aromatic heterocycles. The van der Waals surface area contributed by atoms with Gasteiger partial charge in [0.25, 0.3) is 5.91 Å². The van der Waals surface area contributed by atoms with Gasteiger partial charge in [-0.1, -0.05) is 54.6 Å². The maximum Gasteiger partial charge on any atom is 0.256 e. The van der Waals surface area contributed by atoms with Crippen molar-refractivity contribution in [3.05, 3.63) is 78.1 Å². The zero-order valence-corrected chi connectivity index (χ0v) is 14.7. The molecule has 0 bridgehead atoms. The SMILES string of the molecule is O=C(c1cncc2ccccc12)N1CCC(COCc2ccccc2)C1. The lowest BCUT2D eigenvalue weighted by Crippen LogP contribution is -2.29. The second-order valence-electron chi connectivity index (χ2n) is 6.81. The summed E-state index contributed by atoms with van der Waals surface area (Å²) in [5, 5.41) is 1.97. The molecule has 1 amide bonds. The summed E-state index contributed by atoms with van der Waals surface area (Å²) in [5.74, 6) is 0.463. The topological polar surface area (TPSA) is 42.4 Å². The van der Waals surface area contributed by atoms with Gasteiger partial charge < -0.3 is 9.64 Å². The number of hydrogen-bond acceptors (Lipinski definition) is 3. The second kappa shape index (κ2) is 7.67. The molecular weight excluding hydrogens is 324 g/mol. The van der Waals surface area contributed by atoms with E-state index in [2.05, 4.69) is 17.1 Å². The molecule has 2 heterocycles. The standard InChI is InChI=1S/C22H22N2O2/c25-22(21-13-23-12-19-8-4-5-9-20(19)21)24-11-10-18(14-24)16-26-15-17-6-2-1-3-7-17/h1-9,12-13,18H,10-11,14-16H2. The fourth-order valence-electron chi connectivity index (χ4n) is 3.53. The van der Waals surface area contributed by atoms with E-state index in [1.54, 1.807) is 12.4 Å². The molecule has 0 saturated carbocycles. The molecule has 0 N–H and O–H groups in total. The van der Waals surface area contributed by atoms with E-state index in [1.165, 1.54) is 5.56 Å². The zero-order valence-electron chi connectivity index (χ0n) is 14.7. The van der Waals surface area contributed by atoms with Gasteiger partial charge in [0.05, 0.1) is 18.8 Å². The molecule has 1 atom stereocenters. The number of carbonyl (C=O) groups excluding carboxylic acids is 1. The highest BCUT2D eigenvalue weighted by molar-refractivity contribution is 6.06. The number of likely N-dealkylation sites (tertiary alicyclic amines) is 1. The van der Waals surface area contributed by atoms with Crippen LogP contribution in [0.15, 0.2) is 67.0 Å². The third-order valence-electron chi connectivity index (χ3n) is 4.94. The lowest BCUT2D eigenvalue weighted by Gasteiger charge is -2.17. The summed E-state index contributed by atoms with van der Waals surface area (Å²) in [6.07, 6.45) is 4.47. The van der Waals surface area contributed by atoms with E-state index >= 15 is 0 Å². The van der Waals surface area contributed by atoms with Crippen LogP contribution in [0.1, 0.15) is 22.3 Å². The maximum absolute atomic E-state index is 12.9. The number of pyridine rings is 1. The van der Waals surface area contributed by atoms with Crippen LogP contribution in [0.4, 0.5) is 0 Å². The van der Waals surface area contributed by atoms with Gasteiger partial charge in [0.2, 0.25) is 0 Å².